The number of nitrogens with one attached hydrogen (secondary N) is 1. The molecule has 1 fully saturated rings. The quantitative estimate of drug-likeness (QED) is 0.855. The minimum atomic E-state index is -0.745. The summed E-state index contributed by atoms with van der Waals surface area (Å²) in [6.07, 6.45) is 0. The van der Waals surface area contributed by atoms with E-state index in [1.807, 2.05) is 31.2 Å². The van der Waals surface area contributed by atoms with Gasteiger partial charge in [0, 0.05) is 31.9 Å². The van der Waals surface area contributed by atoms with Gasteiger partial charge in [0.15, 0.2) is 0 Å². The highest BCUT2D eigenvalue weighted by Gasteiger charge is 2.23. The first-order valence-electron chi connectivity index (χ1n) is 6.62. The number of carboxylic acid groups (broad SMARTS) is 1. The Labute approximate surface area is 113 Å². The molecule has 1 aliphatic heterocycles. The predicted molar refractivity (Wildman–Crippen MR) is 73.8 cm³/mol. The number of benzene rings is 1. The molecule has 1 saturated heterocycles. The van der Waals surface area contributed by atoms with Crippen LogP contribution in [-0.2, 0) is 4.79 Å². The van der Waals surface area contributed by atoms with E-state index in [-0.39, 0.29) is 5.92 Å². The molecule has 104 valence electrons. The number of anilines is 1. The number of aliphatic carboxylic acids is 1. The summed E-state index contributed by atoms with van der Waals surface area (Å²) >= 11 is 0. The lowest BCUT2D eigenvalue weighted by Gasteiger charge is -2.24. The predicted octanol–water partition coefficient (Wildman–Crippen LogP) is 1.20. The Bertz CT molecular complexity index is 419. The van der Waals surface area contributed by atoms with Crippen LogP contribution in [-0.4, -0.2) is 43.9 Å². The average molecular weight is 264 g/mol. The normalized spacial score (nSPS) is 19.8. The molecule has 5 nitrogen and oxygen atoms in total. The van der Waals surface area contributed by atoms with E-state index in [1.165, 1.54) is 0 Å². The van der Waals surface area contributed by atoms with Gasteiger partial charge in [-0.25, -0.2) is 0 Å². The van der Waals surface area contributed by atoms with Crippen LogP contribution < -0.4 is 15.0 Å². The highest BCUT2D eigenvalue weighted by molar-refractivity contribution is 5.71. The van der Waals surface area contributed by atoms with Crippen molar-refractivity contribution in [1.82, 2.24) is 5.32 Å². The zero-order valence-electron chi connectivity index (χ0n) is 11.1. The van der Waals surface area contributed by atoms with Gasteiger partial charge in [0.1, 0.15) is 5.75 Å². The van der Waals surface area contributed by atoms with E-state index < -0.39 is 5.97 Å². The van der Waals surface area contributed by atoms with Crippen LogP contribution in [0.15, 0.2) is 24.3 Å². The Morgan fingerprint density at radius 2 is 2.21 bits per heavy atom. The Morgan fingerprint density at radius 3 is 2.84 bits per heavy atom. The number of hydrogen-bond acceptors (Lipinski definition) is 4. The van der Waals surface area contributed by atoms with Crippen molar-refractivity contribution in [2.24, 2.45) is 5.92 Å². The molecule has 0 radical (unpaired) electrons. The summed E-state index contributed by atoms with van der Waals surface area (Å²) in [6, 6.07) is 7.81. The van der Waals surface area contributed by atoms with Gasteiger partial charge in [-0.05, 0) is 31.2 Å². The Morgan fingerprint density at radius 1 is 1.47 bits per heavy atom. The zero-order valence-corrected chi connectivity index (χ0v) is 11.1. The van der Waals surface area contributed by atoms with Gasteiger partial charge in [-0.3, -0.25) is 4.79 Å². The third kappa shape index (κ3) is 3.61. The molecule has 2 N–H and O–H groups in total. The Balaban J connectivity index is 2.08. The molecule has 1 aromatic rings. The van der Waals surface area contributed by atoms with Crippen molar-refractivity contribution in [3.05, 3.63) is 24.3 Å². The fourth-order valence-electron chi connectivity index (χ4n) is 2.23. The largest absolute Gasteiger partial charge is 0.494 e. The van der Waals surface area contributed by atoms with Crippen molar-refractivity contribution < 1.29 is 14.6 Å². The molecule has 2 rings (SSSR count). The van der Waals surface area contributed by atoms with Crippen molar-refractivity contribution in [2.45, 2.75) is 6.92 Å². The summed E-state index contributed by atoms with van der Waals surface area (Å²) in [5.41, 5.74) is 1.04. The molecular weight excluding hydrogens is 244 g/mol. The van der Waals surface area contributed by atoms with E-state index >= 15 is 0 Å². The van der Waals surface area contributed by atoms with Gasteiger partial charge < -0.3 is 20.1 Å². The van der Waals surface area contributed by atoms with E-state index in [1.54, 1.807) is 0 Å². The standard InChI is InChI=1S/C14H20N2O3/c1-2-19-13-5-3-12(4-6-13)16-8-7-15-9-11(10-16)14(17)18/h3-6,11,15H,2,7-10H2,1H3,(H,17,18). The molecule has 1 aromatic carbocycles. The minimum absolute atomic E-state index is 0.367. The van der Waals surface area contributed by atoms with Crippen LogP contribution in [0.2, 0.25) is 0 Å². The minimum Gasteiger partial charge on any atom is -0.494 e. The summed E-state index contributed by atoms with van der Waals surface area (Å²) in [5, 5.41) is 12.3. The first-order valence-corrected chi connectivity index (χ1v) is 6.62. The lowest BCUT2D eigenvalue weighted by Crippen LogP contribution is -2.33. The topological polar surface area (TPSA) is 61.8 Å². The summed E-state index contributed by atoms with van der Waals surface area (Å²) in [7, 11) is 0. The van der Waals surface area contributed by atoms with E-state index in [2.05, 4.69) is 10.2 Å². The monoisotopic (exact) mass is 264 g/mol. The summed E-state index contributed by atoms with van der Waals surface area (Å²) in [5.74, 6) is -0.270. The Hall–Kier alpha value is -1.75. The zero-order chi connectivity index (χ0) is 13.7. The second kappa shape index (κ2) is 6.43. The number of rotatable bonds is 4. The van der Waals surface area contributed by atoms with Crippen molar-refractivity contribution in [3.8, 4) is 5.75 Å². The highest BCUT2D eigenvalue weighted by atomic mass is 16.5. The van der Waals surface area contributed by atoms with Gasteiger partial charge in [-0.2, -0.15) is 0 Å². The SMILES string of the molecule is CCOc1ccc(N2CCNCC(C(=O)O)C2)cc1. The van der Waals surface area contributed by atoms with Gasteiger partial charge in [-0.1, -0.05) is 0 Å². The second-order valence-corrected chi connectivity index (χ2v) is 4.61. The third-order valence-corrected chi connectivity index (χ3v) is 3.25. The smallest absolute Gasteiger partial charge is 0.309 e. The number of carbonyl (C=O) groups is 1. The van der Waals surface area contributed by atoms with Crippen LogP contribution in [0.25, 0.3) is 0 Å². The molecule has 0 aliphatic carbocycles. The number of nitrogens with zero attached hydrogens (tertiary/aromatic N) is 1. The maximum absolute atomic E-state index is 11.1. The van der Waals surface area contributed by atoms with Gasteiger partial charge in [0.25, 0.3) is 0 Å². The number of hydrogen-bond donors (Lipinski definition) is 2. The molecule has 0 spiro atoms. The van der Waals surface area contributed by atoms with Gasteiger partial charge in [0.05, 0.1) is 12.5 Å². The van der Waals surface area contributed by atoms with E-state index in [0.717, 1.165) is 24.5 Å². The number of carboxylic acids is 1. The Kier molecular flexibility index (Phi) is 4.63. The van der Waals surface area contributed by atoms with Crippen LogP contribution in [0.4, 0.5) is 5.69 Å². The van der Waals surface area contributed by atoms with Crippen LogP contribution in [0.3, 0.4) is 0 Å². The molecule has 0 aromatic heterocycles. The van der Waals surface area contributed by atoms with E-state index in [0.29, 0.717) is 19.7 Å². The van der Waals surface area contributed by atoms with Crippen LogP contribution in [0, 0.1) is 5.92 Å². The molecule has 0 saturated carbocycles. The molecule has 0 bridgehead atoms. The molecule has 19 heavy (non-hydrogen) atoms. The summed E-state index contributed by atoms with van der Waals surface area (Å²) in [6.45, 7) is 5.29. The average Bonchev–Trinajstić information content (AvgIpc) is 2.66. The van der Waals surface area contributed by atoms with E-state index in [4.69, 9.17) is 9.84 Å². The van der Waals surface area contributed by atoms with Gasteiger partial charge >= 0.3 is 5.97 Å². The fourth-order valence-corrected chi connectivity index (χ4v) is 2.23. The van der Waals surface area contributed by atoms with Crippen LogP contribution >= 0.6 is 0 Å². The second-order valence-electron chi connectivity index (χ2n) is 4.61. The third-order valence-electron chi connectivity index (χ3n) is 3.25. The summed E-state index contributed by atoms with van der Waals surface area (Å²) in [4.78, 5) is 13.2. The molecule has 1 aliphatic rings. The highest BCUT2D eigenvalue weighted by Crippen LogP contribution is 2.21. The molecule has 1 unspecified atom stereocenters. The molecule has 1 atom stereocenters. The summed E-state index contributed by atoms with van der Waals surface area (Å²) < 4.78 is 5.41. The van der Waals surface area contributed by atoms with Crippen molar-refractivity contribution in [2.75, 3.05) is 37.7 Å². The van der Waals surface area contributed by atoms with E-state index in [9.17, 15) is 4.79 Å². The van der Waals surface area contributed by atoms with Crippen molar-refractivity contribution in [3.63, 3.8) is 0 Å². The van der Waals surface area contributed by atoms with Crippen LogP contribution in [0.5, 0.6) is 5.75 Å². The lowest BCUT2D eigenvalue weighted by molar-refractivity contribution is -0.141. The fraction of sp³-hybridized carbons (Fsp3) is 0.500. The van der Waals surface area contributed by atoms with Gasteiger partial charge in [-0.15, -0.1) is 0 Å². The molecule has 1 heterocycles. The van der Waals surface area contributed by atoms with Crippen molar-refractivity contribution >= 4 is 11.7 Å². The molecule has 0 amide bonds. The molecule has 5 heteroatoms. The molecular formula is C14H20N2O3. The number of ether oxygens (including phenoxy) is 1. The first kappa shape index (κ1) is 13.7. The maximum atomic E-state index is 11.1. The maximum Gasteiger partial charge on any atom is 0.309 e. The van der Waals surface area contributed by atoms with Crippen molar-refractivity contribution in [1.29, 1.82) is 0 Å². The van der Waals surface area contributed by atoms with Gasteiger partial charge in [0.2, 0.25) is 0 Å². The lowest BCUT2D eigenvalue weighted by atomic mass is 10.1. The first-order chi connectivity index (χ1) is 9.20. The van der Waals surface area contributed by atoms with Crippen LogP contribution in [0.1, 0.15) is 6.92 Å².